The smallest absolute Gasteiger partial charge is 0.226 e. The van der Waals surface area contributed by atoms with Gasteiger partial charge in [0.1, 0.15) is 5.52 Å². The molecule has 3 aromatic heterocycles. The highest BCUT2D eigenvalue weighted by atomic mass is 32.1. The van der Waals surface area contributed by atoms with Crippen molar-refractivity contribution in [3.05, 3.63) is 28.2 Å². The Bertz CT molecular complexity index is 732. The molecule has 0 saturated heterocycles. The number of hydrogen-bond acceptors (Lipinski definition) is 6. The molecule has 0 aliphatic rings. The Labute approximate surface area is 127 Å². The number of hydrogen-bond donors (Lipinski definition) is 3. The first-order valence-corrected chi connectivity index (χ1v) is 7.82. The minimum atomic E-state index is 0.612. The largest absolute Gasteiger partial charge is 0.363 e. The van der Waals surface area contributed by atoms with Gasteiger partial charge in [-0.3, -0.25) is 0 Å². The molecule has 0 radical (unpaired) electrons. The van der Waals surface area contributed by atoms with Gasteiger partial charge in [0.2, 0.25) is 5.95 Å². The molecule has 0 bridgehead atoms. The number of aromatic amines is 1. The van der Waals surface area contributed by atoms with E-state index in [1.807, 2.05) is 0 Å². The van der Waals surface area contributed by atoms with E-state index >= 15 is 0 Å². The molecule has 3 N–H and O–H groups in total. The summed E-state index contributed by atoms with van der Waals surface area (Å²) in [6.07, 6.45) is 2.67. The van der Waals surface area contributed by atoms with Crippen LogP contribution in [0.15, 0.2) is 18.5 Å². The molecule has 0 aliphatic carbocycles. The third-order valence-electron chi connectivity index (χ3n) is 3.04. The first-order chi connectivity index (χ1) is 10.3. The summed E-state index contributed by atoms with van der Waals surface area (Å²) in [5, 5.41) is 6.57. The van der Waals surface area contributed by atoms with Crippen LogP contribution in [0.5, 0.6) is 0 Å². The van der Waals surface area contributed by atoms with E-state index in [9.17, 15) is 0 Å². The van der Waals surface area contributed by atoms with Crippen LogP contribution < -0.4 is 10.6 Å². The molecule has 3 heterocycles. The molecule has 0 saturated carbocycles. The average molecular weight is 302 g/mol. The third kappa shape index (κ3) is 3.13. The first kappa shape index (κ1) is 13.8. The molecule has 3 rings (SSSR count). The van der Waals surface area contributed by atoms with Gasteiger partial charge in [-0.1, -0.05) is 6.92 Å². The lowest BCUT2D eigenvalue weighted by molar-refractivity contribution is 0.955. The number of H-pyrrole nitrogens is 1. The lowest BCUT2D eigenvalue weighted by Crippen LogP contribution is -2.08. The molecule has 0 aromatic carbocycles. The van der Waals surface area contributed by atoms with Crippen molar-refractivity contribution in [2.24, 2.45) is 0 Å². The van der Waals surface area contributed by atoms with Gasteiger partial charge in [-0.2, -0.15) is 9.97 Å². The van der Waals surface area contributed by atoms with Crippen LogP contribution in [0, 0.1) is 6.92 Å². The Morgan fingerprint density at radius 3 is 2.90 bits per heavy atom. The fourth-order valence-electron chi connectivity index (χ4n) is 2.03. The summed E-state index contributed by atoms with van der Waals surface area (Å²) in [6, 6.07) is 4.26. The summed E-state index contributed by atoms with van der Waals surface area (Å²) in [5.41, 5.74) is 1.51. The molecule has 0 atom stereocenters. The lowest BCUT2D eigenvalue weighted by Gasteiger charge is -2.08. The fraction of sp³-hybridized carbons (Fsp3) is 0.357. The van der Waals surface area contributed by atoms with Crippen molar-refractivity contribution in [3.63, 3.8) is 0 Å². The van der Waals surface area contributed by atoms with Gasteiger partial charge in [0, 0.05) is 16.3 Å². The molecule has 7 heteroatoms. The van der Waals surface area contributed by atoms with E-state index in [1.54, 1.807) is 17.7 Å². The van der Waals surface area contributed by atoms with Gasteiger partial charge in [0.25, 0.3) is 0 Å². The minimum absolute atomic E-state index is 0.612. The topological polar surface area (TPSA) is 78.5 Å². The maximum Gasteiger partial charge on any atom is 0.226 e. The zero-order valence-electron chi connectivity index (χ0n) is 12.1. The van der Waals surface area contributed by atoms with Gasteiger partial charge in [-0.25, -0.2) is 4.98 Å². The van der Waals surface area contributed by atoms with Crippen molar-refractivity contribution in [3.8, 4) is 0 Å². The predicted octanol–water partition coefficient (Wildman–Crippen LogP) is 3.16. The van der Waals surface area contributed by atoms with E-state index in [-0.39, 0.29) is 0 Å². The number of nitrogens with one attached hydrogen (secondary N) is 3. The average Bonchev–Trinajstić information content (AvgIpc) is 3.11. The van der Waals surface area contributed by atoms with Crippen molar-refractivity contribution in [2.75, 3.05) is 17.2 Å². The third-order valence-corrected chi connectivity index (χ3v) is 4.05. The summed E-state index contributed by atoms with van der Waals surface area (Å²) in [6.45, 7) is 5.81. The normalized spacial score (nSPS) is 11.0. The Kier molecular flexibility index (Phi) is 4.01. The van der Waals surface area contributed by atoms with Crippen LogP contribution >= 0.6 is 11.3 Å². The number of rotatable bonds is 6. The van der Waals surface area contributed by atoms with Gasteiger partial charge >= 0.3 is 0 Å². The fourth-order valence-corrected chi connectivity index (χ4v) is 2.86. The van der Waals surface area contributed by atoms with E-state index in [0.717, 1.165) is 30.8 Å². The predicted molar refractivity (Wildman–Crippen MR) is 86.8 cm³/mol. The van der Waals surface area contributed by atoms with Crippen LogP contribution in [0.2, 0.25) is 0 Å². The summed E-state index contributed by atoms with van der Waals surface area (Å²) in [4.78, 5) is 18.8. The quantitative estimate of drug-likeness (QED) is 0.652. The van der Waals surface area contributed by atoms with Gasteiger partial charge in [0.05, 0.1) is 12.9 Å². The van der Waals surface area contributed by atoms with Crippen LogP contribution in [0.3, 0.4) is 0 Å². The van der Waals surface area contributed by atoms with Gasteiger partial charge < -0.3 is 15.6 Å². The summed E-state index contributed by atoms with van der Waals surface area (Å²) in [5.74, 6) is 1.39. The summed E-state index contributed by atoms with van der Waals surface area (Å²) < 4.78 is 0. The molecule has 21 heavy (non-hydrogen) atoms. The summed E-state index contributed by atoms with van der Waals surface area (Å²) >= 11 is 1.79. The van der Waals surface area contributed by atoms with Gasteiger partial charge in [0.15, 0.2) is 11.5 Å². The Morgan fingerprint density at radius 1 is 1.24 bits per heavy atom. The zero-order valence-corrected chi connectivity index (χ0v) is 12.9. The van der Waals surface area contributed by atoms with Crippen molar-refractivity contribution in [1.29, 1.82) is 0 Å². The van der Waals surface area contributed by atoms with E-state index < -0.39 is 0 Å². The van der Waals surface area contributed by atoms with Crippen molar-refractivity contribution < 1.29 is 0 Å². The van der Waals surface area contributed by atoms with Crippen LogP contribution in [0.1, 0.15) is 23.1 Å². The number of nitrogens with zero attached hydrogens (tertiary/aromatic N) is 3. The highest BCUT2D eigenvalue weighted by Crippen LogP contribution is 2.21. The Morgan fingerprint density at radius 2 is 2.14 bits per heavy atom. The zero-order chi connectivity index (χ0) is 14.7. The van der Waals surface area contributed by atoms with Crippen LogP contribution in [-0.4, -0.2) is 26.5 Å². The molecule has 0 unspecified atom stereocenters. The standard InChI is InChI=1S/C14H18N6S/c1-3-6-15-14-19-12(11-13(20-14)18-8-17-11)16-7-10-5-4-9(2)21-10/h4-5,8H,3,6-7H2,1-2H3,(H3,15,16,17,18,19,20). The minimum Gasteiger partial charge on any atom is -0.363 e. The number of thiophene rings is 1. The molecule has 6 nitrogen and oxygen atoms in total. The Hall–Kier alpha value is -2.15. The monoisotopic (exact) mass is 302 g/mol. The van der Waals surface area contributed by atoms with E-state index in [1.165, 1.54) is 9.75 Å². The van der Waals surface area contributed by atoms with E-state index in [4.69, 9.17) is 0 Å². The number of imidazole rings is 1. The first-order valence-electron chi connectivity index (χ1n) is 7.00. The number of fused-ring (bicyclic) bond motifs is 1. The maximum atomic E-state index is 4.53. The van der Waals surface area contributed by atoms with Crippen molar-refractivity contribution >= 4 is 34.3 Å². The maximum absolute atomic E-state index is 4.53. The molecule has 0 spiro atoms. The van der Waals surface area contributed by atoms with Gasteiger partial charge in [-0.15, -0.1) is 11.3 Å². The van der Waals surface area contributed by atoms with Crippen molar-refractivity contribution in [1.82, 2.24) is 19.9 Å². The molecule has 0 aliphatic heterocycles. The molecule has 110 valence electrons. The number of aromatic nitrogens is 4. The second-order valence-electron chi connectivity index (χ2n) is 4.79. The molecule has 3 aromatic rings. The van der Waals surface area contributed by atoms with E-state index in [0.29, 0.717) is 11.6 Å². The number of anilines is 2. The Balaban J connectivity index is 1.83. The van der Waals surface area contributed by atoms with Gasteiger partial charge in [-0.05, 0) is 25.5 Å². The second-order valence-corrected chi connectivity index (χ2v) is 6.16. The summed E-state index contributed by atoms with van der Waals surface area (Å²) in [7, 11) is 0. The van der Waals surface area contributed by atoms with Crippen LogP contribution in [0.4, 0.5) is 11.8 Å². The lowest BCUT2D eigenvalue weighted by atomic mass is 10.4. The van der Waals surface area contributed by atoms with Crippen LogP contribution in [-0.2, 0) is 6.54 Å². The SMILES string of the molecule is CCCNc1nc(NCc2ccc(C)s2)c2[nH]cnc2n1. The molecule has 0 amide bonds. The highest BCUT2D eigenvalue weighted by molar-refractivity contribution is 7.11. The second kappa shape index (κ2) is 6.09. The molecule has 0 fully saturated rings. The van der Waals surface area contributed by atoms with Crippen molar-refractivity contribution in [2.45, 2.75) is 26.8 Å². The van der Waals surface area contributed by atoms with E-state index in [2.05, 4.69) is 56.5 Å². The molecular weight excluding hydrogens is 284 g/mol. The highest BCUT2D eigenvalue weighted by Gasteiger charge is 2.09. The molecular formula is C14H18N6S. The van der Waals surface area contributed by atoms with Crippen LogP contribution in [0.25, 0.3) is 11.2 Å². The number of aryl methyl sites for hydroxylation is 1.